The Morgan fingerprint density at radius 2 is 1.25 bits per heavy atom. The van der Waals surface area contributed by atoms with Crippen LogP contribution in [0, 0.1) is 20.8 Å². The van der Waals surface area contributed by atoms with Gasteiger partial charge in [-0.1, -0.05) is 12.1 Å². The lowest BCUT2D eigenvalue weighted by atomic mass is 10.1. The van der Waals surface area contributed by atoms with Gasteiger partial charge in [-0.25, -0.2) is 0 Å². The lowest BCUT2D eigenvalue weighted by Crippen LogP contribution is -1.84. The highest BCUT2D eigenvalue weighted by atomic mass is 16.3. The molecule has 0 heterocycles. The molecule has 0 radical (unpaired) electrons. The molecule has 0 aromatic heterocycles. The van der Waals surface area contributed by atoms with Crippen molar-refractivity contribution in [1.82, 2.24) is 0 Å². The van der Waals surface area contributed by atoms with E-state index in [9.17, 15) is 9.59 Å². The minimum atomic E-state index is 0.227. The first-order valence-corrected chi connectivity index (χ1v) is 6.25. The van der Waals surface area contributed by atoms with Gasteiger partial charge in [0.2, 0.25) is 0 Å². The highest BCUT2D eigenvalue weighted by Crippen LogP contribution is 2.15. The fourth-order valence-corrected chi connectivity index (χ4v) is 1.59. The standard InChI is InChI=1S/C9H10O.C8H8O2/c1-7-3-4-9(6-10)5-8(7)2;1-6-4-7(5-9)2-3-8(6)10/h3-6H,1-2H3;2-5,10H,1H3. The van der Waals surface area contributed by atoms with E-state index in [2.05, 4.69) is 0 Å². The predicted octanol–water partition coefficient (Wildman–Crippen LogP) is 3.63. The molecule has 0 aliphatic carbocycles. The molecular weight excluding hydrogens is 252 g/mol. The van der Waals surface area contributed by atoms with Crippen molar-refractivity contribution < 1.29 is 14.7 Å². The number of carbonyl (C=O) groups excluding carboxylic acids is 2. The molecule has 0 aliphatic heterocycles. The Hall–Kier alpha value is -2.42. The van der Waals surface area contributed by atoms with Crippen molar-refractivity contribution in [2.75, 3.05) is 0 Å². The van der Waals surface area contributed by atoms with E-state index in [0.29, 0.717) is 5.56 Å². The molecule has 2 aromatic rings. The minimum absolute atomic E-state index is 0.227. The Balaban J connectivity index is 0.000000200. The van der Waals surface area contributed by atoms with Crippen molar-refractivity contribution in [3.05, 3.63) is 64.2 Å². The van der Waals surface area contributed by atoms with Gasteiger partial charge in [0, 0.05) is 11.1 Å². The number of hydrogen-bond donors (Lipinski definition) is 1. The van der Waals surface area contributed by atoms with Crippen LogP contribution in [0.3, 0.4) is 0 Å². The van der Waals surface area contributed by atoms with Crippen molar-refractivity contribution in [2.24, 2.45) is 0 Å². The van der Waals surface area contributed by atoms with Crippen molar-refractivity contribution in [3.63, 3.8) is 0 Å². The molecule has 0 spiro atoms. The average Bonchev–Trinajstić information content (AvgIpc) is 2.45. The molecule has 0 atom stereocenters. The normalized spacial score (nSPS) is 9.35. The third-order valence-corrected chi connectivity index (χ3v) is 3.02. The second kappa shape index (κ2) is 7.24. The van der Waals surface area contributed by atoms with Crippen LogP contribution in [0.2, 0.25) is 0 Å². The summed E-state index contributed by atoms with van der Waals surface area (Å²) in [6.07, 6.45) is 1.62. The summed E-state index contributed by atoms with van der Waals surface area (Å²) in [6.45, 7) is 5.79. The van der Waals surface area contributed by atoms with Crippen LogP contribution < -0.4 is 0 Å². The van der Waals surface area contributed by atoms with Gasteiger partial charge in [-0.3, -0.25) is 9.59 Å². The number of aromatic hydroxyl groups is 1. The zero-order chi connectivity index (χ0) is 15.1. The van der Waals surface area contributed by atoms with Gasteiger partial charge in [0.25, 0.3) is 0 Å². The van der Waals surface area contributed by atoms with E-state index in [1.807, 2.05) is 32.0 Å². The van der Waals surface area contributed by atoms with E-state index < -0.39 is 0 Å². The zero-order valence-corrected chi connectivity index (χ0v) is 11.9. The largest absolute Gasteiger partial charge is 0.508 e. The second-order valence-corrected chi connectivity index (χ2v) is 4.63. The summed E-state index contributed by atoms with van der Waals surface area (Å²) < 4.78 is 0. The minimum Gasteiger partial charge on any atom is -0.508 e. The lowest BCUT2D eigenvalue weighted by molar-refractivity contribution is 0.111. The van der Waals surface area contributed by atoms with Crippen LogP contribution in [0.25, 0.3) is 0 Å². The predicted molar refractivity (Wildman–Crippen MR) is 79.5 cm³/mol. The SMILES string of the molecule is Cc1cc(C=O)ccc1O.Cc1ccc(C=O)cc1C. The van der Waals surface area contributed by atoms with Gasteiger partial charge in [0.05, 0.1) is 0 Å². The highest BCUT2D eigenvalue weighted by molar-refractivity contribution is 5.75. The molecule has 104 valence electrons. The van der Waals surface area contributed by atoms with Crippen LogP contribution in [0.4, 0.5) is 0 Å². The van der Waals surface area contributed by atoms with Crippen molar-refractivity contribution in [1.29, 1.82) is 0 Å². The summed E-state index contributed by atoms with van der Waals surface area (Å²) in [7, 11) is 0. The van der Waals surface area contributed by atoms with Crippen molar-refractivity contribution in [3.8, 4) is 5.75 Å². The molecule has 0 amide bonds. The summed E-state index contributed by atoms with van der Waals surface area (Å²) in [5.74, 6) is 0.227. The molecule has 0 fully saturated rings. The van der Waals surface area contributed by atoms with E-state index in [4.69, 9.17) is 5.11 Å². The molecule has 20 heavy (non-hydrogen) atoms. The lowest BCUT2D eigenvalue weighted by Gasteiger charge is -1.97. The molecule has 2 rings (SSSR count). The maximum atomic E-state index is 10.3. The Morgan fingerprint density at radius 1 is 0.750 bits per heavy atom. The van der Waals surface area contributed by atoms with Gasteiger partial charge in [-0.15, -0.1) is 0 Å². The number of carbonyl (C=O) groups is 2. The summed E-state index contributed by atoms with van der Waals surface area (Å²) >= 11 is 0. The monoisotopic (exact) mass is 270 g/mol. The van der Waals surface area contributed by atoms with E-state index in [1.54, 1.807) is 19.1 Å². The number of aldehydes is 2. The smallest absolute Gasteiger partial charge is 0.150 e. The fourth-order valence-electron chi connectivity index (χ4n) is 1.59. The van der Waals surface area contributed by atoms with E-state index in [0.717, 1.165) is 23.7 Å². The van der Waals surface area contributed by atoms with E-state index in [-0.39, 0.29) is 5.75 Å². The first-order chi connectivity index (χ1) is 9.47. The van der Waals surface area contributed by atoms with E-state index in [1.165, 1.54) is 17.2 Å². The second-order valence-electron chi connectivity index (χ2n) is 4.63. The highest BCUT2D eigenvalue weighted by Gasteiger charge is 1.95. The third-order valence-electron chi connectivity index (χ3n) is 3.02. The number of benzene rings is 2. The molecular formula is C17H18O3. The molecule has 0 saturated carbocycles. The number of phenolic OH excluding ortho intramolecular Hbond substituents is 1. The summed E-state index contributed by atoms with van der Waals surface area (Å²) in [5, 5.41) is 9.02. The van der Waals surface area contributed by atoms with Gasteiger partial charge in [-0.05, 0) is 61.7 Å². The van der Waals surface area contributed by atoms with Crippen LogP contribution in [0.5, 0.6) is 5.75 Å². The van der Waals surface area contributed by atoms with Gasteiger partial charge in [-0.2, -0.15) is 0 Å². The maximum Gasteiger partial charge on any atom is 0.150 e. The number of rotatable bonds is 2. The Morgan fingerprint density at radius 3 is 1.70 bits per heavy atom. The van der Waals surface area contributed by atoms with Crippen LogP contribution in [-0.2, 0) is 0 Å². The first-order valence-electron chi connectivity index (χ1n) is 6.25. The van der Waals surface area contributed by atoms with Crippen molar-refractivity contribution >= 4 is 12.6 Å². The average molecular weight is 270 g/mol. The summed E-state index contributed by atoms with van der Waals surface area (Å²) in [4.78, 5) is 20.5. The van der Waals surface area contributed by atoms with Crippen molar-refractivity contribution in [2.45, 2.75) is 20.8 Å². The molecule has 0 aliphatic rings. The van der Waals surface area contributed by atoms with E-state index >= 15 is 0 Å². The van der Waals surface area contributed by atoms with Crippen LogP contribution in [0.15, 0.2) is 36.4 Å². The van der Waals surface area contributed by atoms with Gasteiger partial charge in [0.1, 0.15) is 18.3 Å². The topological polar surface area (TPSA) is 54.4 Å². The Labute approximate surface area is 118 Å². The fraction of sp³-hybridized carbons (Fsp3) is 0.176. The molecule has 0 unspecified atom stereocenters. The maximum absolute atomic E-state index is 10.3. The Kier molecular flexibility index (Phi) is 5.66. The number of aryl methyl sites for hydroxylation is 3. The zero-order valence-electron chi connectivity index (χ0n) is 11.9. The molecule has 0 saturated heterocycles. The molecule has 0 bridgehead atoms. The van der Waals surface area contributed by atoms with Gasteiger partial charge >= 0.3 is 0 Å². The van der Waals surface area contributed by atoms with Crippen LogP contribution in [-0.4, -0.2) is 17.7 Å². The van der Waals surface area contributed by atoms with Crippen LogP contribution >= 0.6 is 0 Å². The Bertz CT molecular complexity index is 560. The summed E-state index contributed by atoms with van der Waals surface area (Å²) in [5.41, 5.74) is 4.47. The number of hydrogen-bond acceptors (Lipinski definition) is 3. The first kappa shape index (κ1) is 15.6. The molecule has 3 nitrogen and oxygen atoms in total. The number of phenols is 1. The summed E-state index contributed by atoms with van der Waals surface area (Å²) in [6, 6.07) is 10.4. The quantitative estimate of drug-likeness (QED) is 0.848. The molecule has 1 N–H and O–H groups in total. The molecule has 3 heteroatoms. The molecule has 2 aromatic carbocycles. The van der Waals surface area contributed by atoms with Gasteiger partial charge in [0.15, 0.2) is 0 Å². The van der Waals surface area contributed by atoms with Crippen LogP contribution in [0.1, 0.15) is 37.4 Å². The third kappa shape index (κ3) is 4.35. The van der Waals surface area contributed by atoms with Gasteiger partial charge < -0.3 is 5.11 Å².